The Hall–Kier alpha value is -2.59. The number of carbonyl (C=O) groups is 1. The van der Waals surface area contributed by atoms with Crippen LogP contribution in [0.25, 0.3) is 16.5 Å². The molecular weight excluding hydrogens is 454 g/mol. The Labute approximate surface area is 225 Å². The van der Waals surface area contributed by atoms with Gasteiger partial charge >= 0.3 is 0 Å². The van der Waals surface area contributed by atoms with Gasteiger partial charge in [-0.05, 0) is 106 Å². The van der Waals surface area contributed by atoms with Gasteiger partial charge in [-0.15, -0.1) is 0 Å². The molecule has 0 bridgehead atoms. The monoisotopic (exact) mass is 503 g/mol. The van der Waals surface area contributed by atoms with Crippen molar-refractivity contribution in [1.29, 1.82) is 0 Å². The number of hydrogen-bond acceptors (Lipinski definition) is 2. The van der Waals surface area contributed by atoms with Crippen LogP contribution in [0.4, 0.5) is 0 Å². The van der Waals surface area contributed by atoms with Crippen molar-refractivity contribution in [3.05, 3.63) is 65.4 Å². The average Bonchev–Trinajstić information content (AvgIpc) is 3.31. The maximum Gasteiger partial charge on any atom is 0.222 e. The van der Waals surface area contributed by atoms with Crippen molar-refractivity contribution in [3.8, 4) is 0 Å². The highest BCUT2D eigenvalue weighted by Gasteiger charge is 2.25. The number of allylic oxidation sites excluding steroid dienone is 5. The number of H-pyrrole nitrogens is 1. The van der Waals surface area contributed by atoms with Crippen molar-refractivity contribution in [1.82, 2.24) is 15.2 Å². The van der Waals surface area contributed by atoms with Crippen LogP contribution >= 0.6 is 0 Å². The Morgan fingerprint density at radius 3 is 2.43 bits per heavy atom. The zero-order valence-electron chi connectivity index (χ0n) is 24.0. The highest BCUT2D eigenvalue weighted by atomic mass is 16.2. The van der Waals surface area contributed by atoms with Crippen LogP contribution in [-0.2, 0) is 11.2 Å². The molecule has 3 heterocycles. The van der Waals surface area contributed by atoms with E-state index < -0.39 is 0 Å². The number of carbonyl (C=O) groups excluding carboxylic acids is 1. The summed E-state index contributed by atoms with van der Waals surface area (Å²) in [7, 11) is 0. The van der Waals surface area contributed by atoms with Crippen molar-refractivity contribution < 1.29 is 4.79 Å². The molecule has 0 spiro atoms. The van der Waals surface area contributed by atoms with E-state index in [0.29, 0.717) is 11.8 Å². The summed E-state index contributed by atoms with van der Waals surface area (Å²) in [5.41, 5.74) is 7.65. The maximum atomic E-state index is 12.8. The molecule has 2 saturated heterocycles. The number of piperidine rings is 2. The van der Waals surface area contributed by atoms with Gasteiger partial charge in [-0.25, -0.2) is 0 Å². The van der Waals surface area contributed by atoms with Crippen molar-refractivity contribution in [3.63, 3.8) is 0 Å². The lowest BCUT2D eigenvalue weighted by atomic mass is 9.87. The largest absolute Gasteiger partial charge is 0.354 e. The molecule has 0 aliphatic carbocycles. The third kappa shape index (κ3) is 7.47. The molecule has 0 saturated carbocycles. The zero-order chi connectivity index (χ0) is 26.8. The van der Waals surface area contributed by atoms with Gasteiger partial charge in [0, 0.05) is 36.1 Å². The standard InChI is InChI=1S/C31H43N3O.C2H6/c1-5-7-26(20-22(3)4)31-27(6-2)28-21-25(9-10-29(28)33-31)24-14-18-34(19-15-24)30(35)11-8-23-12-16-32-17-13-23;1-2/h5,7,9-10,20-21,23-24,32-33H,1,6,8,11-19H2,2-4H3;1-2H3/b26-7+;. The zero-order valence-corrected chi connectivity index (χ0v) is 24.0. The highest BCUT2D eigenvalue weighted by Crippen LogP contribution is 2.35. The molecule has 2 N–H and O–H groups in total. The quantitative estimate of drug-likeness (QED) is 0.361. The molecule has 1 amide bonds. The Morgan fingerprint density at radius 2 is 1.81 bits per heavy atom. The molecule has 0 unspecified atom stereocenters. The molecule has 2 aliphatic heterocycles. The fourth-order valence-electron chi connectivity index (χ4n) is 5.89. The van der Waals surface area contributed by atoms with Gasteiger partial charge in [0.25, 0.3) is 0 Å². The smallest absolute Gasteiger partial charge is 0.222 e. The second-order valence-corrected chi connectivity index (χ2v) is 10.6. The minimum atomic E-state index is 0.363. The minimum absolute atomic E-state index is 0.363. The van der Waals surface area contributed by atoms with Crippen LogP contribution in [-0.4, -0.2) is 42.0 Å². The van der Waals surface area contributed by atoms with Gasteiger partial charge in [0.2, 0.25) is 5.91 Å². The van der Waals surface area contributed by atoms with Crippen molar-refractivity contribution in [2.45, 2.75) is 85.5 Å². The Kier molecular flexibility index (Phi) is 11.3. The molecule has 1 aromatic carbocycles. The molecule has 4 heteroatoms. The number of aromatic amines is 1. The van der Waals surface area contributed by atoms with Gasteiger partial charge in [0.05, 0.1) is 0 Å². The number of benzene rings is 1. The summed E-state index contributed by atoms with van der Waals surface area (Å²) in [6.45, 7) is 18.4. The van der Waals surface area contributed by atoms with Gasteiger partial charge in [-0.1, -0.05) is 57.2 Å². The summed E-state index contributed by atoms with van der Waals surface area (Å²) in [5, 5.41) is 4.75. The van der Waals surface area contributed by atoms with Gasteiger partial charge in [0.15, 0.2) is 0 Å². The lowest BCUT2D eigenvalue weighted by Crippen LogP contribution is -2.38. The number of nitrogens with zero attached hydrogens (tertiary/aromatic N) is 1. The summed E-state index contributed by atoms with van der Waals surface area (Å²) in [6, 6.07) is 6.94. The molecule has 2 aromatic rings. The van der Waals surface area contributed by atoms with Crippen LogP contribution in [0, 0.1) is 5.92 Å². The Morgan fingerprint density at radius 1 is 1.11 bits per heavy atom. The van der Waals surface area contributed by atoms with E-state index in [0.717, 1.165) is 64.2 Å². The van der Waals surface area contributed by atoms with E-state index in [1.807, 2.05) is 19.9 Å². The van der Waals surface area contributed by atoms with Crippen LogP contribution in [0.1, 0.15) is 95.9 Å². The second-order valence-electron chi connectivity index (χ2n) is 10.6. The number of aromatic nitrogens is 1. The summed E-state index contributed by atoms with van der Waals surface area (Å²) in [4.78, 5) is 18.6. The predicted molar refractivity (Wildman–Crippen MR) is 160 cm³/mol. The lowest BCUT2D eigenvalue weighted by Gasteiger charge is -2.33. The van der Waals surface area contributed by atoms with Gasteiger partial charge in [-0.2, -0.15) is 0 Å². The maximum absolute atomic E-state index is 12.8. The number of amides is 1. The summed E-state index contributed by atoms with van der Waals surface area (Å²) in [6.07, 6.45) is 13.5. The molecule has 0 atom stereocenters. The van der Waals surface area contributed by atoms with E-state index in [4.69, 9.17) is 0 Å². The summed E-state index contributed by atoms with van der Waals surface area (Å²) in [5.74, 6) is 1.61. The van der Waals surface area contributed by atoms with E-state index >= 15 is 0 Å². The molecule has 0 radical (unpaired) electrons. The fraction of sp³-hybridized carbons (Fsp3) is 0.545. The van der Waals surface area contributed by atoms with Crippen molar-refractivity contribution in [2.24, 2.45) is 5.92 Å². The lowest BCUT2D eigenvalue weighted by molar-refractivity contribution is -0.132. The van der Waals surface area contributed by atoms with E-state index in [9.17, 15) is 4.79 Å². The van der Waals surface area contributed by atoms with Crippen LogP contribution in [0.2, 0.25) is 0 Å². The number of fused-ring (bicyclic) bond motifs is 1. The minimum Gasteiger partial charge on any atom is -0.354 e. The van der Waals surface area contributed by atoms with Gasteiger partial charge in [0.1, 0.15) is 0 Å². The predicted octanol–water partition coefficient (Wildman–Crippen LogP) is 7.78. The molecular formula is C33H49N3O. The van der Waals surface area contributed by atoms with E-state index in [-0.39, 0.29) is 0 Å². The highest BCUT2D eigenvalue weighted by molar-refractivity contribution is 5.92. The van der Waals surface area contributed by atoms with Crippen LogP contribution < -0.4 is 5.32 Å². The number of rotatable bonds is 8. The van der Waals surface area contributed by atoms with Crippen LogP contribution in [0.3, 0.4) is 0 Å². The molecule has 1 aromatic heterocycles. The van der Waals surface area contributed by atoms with Gasteiger partial charge in [-0.3, -0.25) is 4.79 Å². The van der Waals surface area contributed by atoms with E-state index in [2.05, 4.69) is 72.9 Å². The molecule has 4 rings (SSSR count). The van der Waals surface area contributed by atoms with Crippen LogP contribution in [0.15, 0.2) is 48.6 Å². The second kappa shape index (κ2) is 14.4. The number of aryl methyl sites for hydroxylation is 1. The molecule has 4 nitrogen and oxygen atoms in total. The van der Waals surface area contributed by atoms with E-state index in [1.54, 1.807) is 0 Å². The molecule has 2 aliphatic rings. The third-order valence-corrected chi connectivity index (χ3v) is 7.86. The number of nitrogens with one attached hydrogen (secondary N) is 2. The molecule has 202 valence electrons. The number of likely N-dealkylation sites (tertiary alicyclic amines) is 1. The molecule has 2 fully saturated rings. The summed E-state index contributed by atoms with van der Waals surface area (Å²) < 4.78 is 0. The summed E-state index contributed by atoms with van der Waals surface area (Å²) >= 11 is 0. The van der Waals surface area contributed by atoms with Crippen LogP contribution in [0.5, 0.6) is 0 Å². The SMILES string of the molecule is C=C/C=C(\C=C(C)C)c1[nH]c2ccc(C3CCN(C(=O)CCC4CCNCC4)CC3)cc2c1CC.CC. The molecule has 37 heavy (non-hydrogen) atoms. The van der Waals surface area contributed by atoms with Gasteiger partial charge < -0.3 is 15.2 Å². The average molecular weight is 504 g/mol. The third-order valence-electron chi connectivity index (χ3n) is 7.86. The fourth-order valence-corrected chi connectivity index (χ4v) is 5.89. The van der Waals surface area contributed by atoms with Crippen molar-refractivity contribution in [2.75, 3.05) is 26.2 Å². The topological polar surface area (TPSA) is 48.1 Å². The van der Waals surface area contributed by atoms with E-state index in [1.165, 1.54) is 51.7 Å². The first-order chi connectivity index (χ1) is 18.0. The first-order valence-corrected chi connectivity index (χ1v) is 14.6. The Bertz CT molecular complexity index is 1090. The normalized spacial score (nSPS) is 17.3. The first kappa shape index (κ1) is 29.0. The van der Waals surface area contributed by atoms with Crippen molar-refractivity contribution >= 4 is 22.4 Å². The number of hydrogen-bond donors (Lipinski definition) is 2. The first-order valence-electron chi connectivity index (χ1n) is 14.6. The Balaban J connectivity index is 0.00000186.